The summed E-state index contributed by atoms with van der Waals surface area (Å²) in [7, 11) is 0.537. The van der Waals surface area contributed by atoms with Crippen molar-refractivity contribution >= 4 is 43.8 Å². The van der Waals surface area contributed by atoms with E-state index in [-0.39, 0.29) is 0 Å². The van der Waals surface area contributed by atoms with Crippen LogP contribution in [0.1, 0.15) is 0 Å². The highest BCUT2D eigenvalue weighted by Gasteiger charge is 1.96. The molecule has 0 radical (unpaired) electrons. The van der Waals surface area contributed by atoms with Gasteiger partial charge in [0.1, 0.15) is 0 Å². The zero-order valence-electron chi connectivity index (χ0n) is 4.81. The van der Waals surface area contributed by atoms with Gasteiger partial charge in [-0.15, -0.1) is 23.2 Å². The van der Waals surface area contributed by atoms with Crippen LogP contribution in [0.25, 0.3) is 0 Å². The second kappa shape index (κ2) is 7.19. The van der Waals surface area contributed by atoms with Crippen LogP contribution in [0.4, 0.5) is 0 Å². The minimum atomic E-state index is -0.820. The van der Waals surface area contributed by atoms with E-state index >= 15 is 0 Å². The van der Waals surface area contributed by atoms with Crippen molar-refractivity contribution in [1.29, 1.82) is 0 Å². The summed E-state index contributed by atoms with van der Waals surface area (Å²) in [6.45, 7) is 0. The fourth-order valence-corrected chi connectivity index (χ4v) is 3.35. The van der Waals surface area contributed by atoms with Crippen molar-refractivity contribution in [2.45, 2.75) is 0 Å². The van der Waals surface area contributed by atoms with Crippen molar-refractivity contribution in [3.05, 3.63) is 0 Å². The number of alkyl halides is 2. The average molecular weight is 207 g/mol. The number of hydrogen-bond donors (Lipinski definition) is 0. The SMILES string of the molecule is O=S(CCCl)SCCCl. The second-order valence-electron chi connectivity index (χ2n) is 1.21. The molecule has 5 heteroatoms. The highest BCUT2D eigenvalue weighted by atomic mass is 35.5. The van der Waals surface area contributed by atoms with Crippen molar-refractivity contribution in [2.75, 3.05) is 23.3 Å². The lowest BCUT2D eigenvalue weighted by atomic mass is 11.0. The lowest BCUT2D eigenvalue weighted by Gasteiger charge is -1.93. The third kappa shape index (κ3) is 6.97. The first-order valence-electron chi connectivity index (χ1n) is 2.45. The molecule has 0 aromatic rings. The predicted molar refractivity (Wildman–Crippen MR) is 46.9 cm³/mol. The van der Waals surface area contributed by atoms with E-state index in [1.54, 1.807) is 0 Å². The lowest BCUT2D eigenvalue weighted by molar-refractivity contribution is 0.692. The van der Waals surface area contributed by atoms with Crippen molar-refractivity contribution in [2.24, 2.45) is 0 Å². The number of rotatable bonds is 5. The third-order valence-corrected chi connectivity index (χ3v) is 4.32. The van der Waals surface area contributed by atoms with Gasteiger partial charge in [0, 0.05) is 23.3 Å². The van der Waals surface area contributed by atoms with E-state index < -0.39 is 9.83 Å². The van der Waals surface area contributed by atoms with Gasteiger partial charge in [0.05, 0.1) is 9.83 Å². The van der Waals surface area contributed by atoms with E-state index in [4.69, 9.17) is 23.2 Å². The van der Waals surface area contributed by atoms with Gasteiger partial charge in [0.25, 0.3) is 0 Å². The Hall–Kier alpha value is 1.08. The van der Waals surface area contributed by atoms with Crippen molar-refractivity contribution in [1.82, 2.24) is 0 Å². The van der Waals surface area contributed by atoms with E-state index in [0.29, 0.717) is 17.5 Å². The predicted octanol–water partition coefficient (Wildman–Crippen LogP) is 1.86. The zero-order valence-corrected chi connectivity index (χ0v) is 7.95. The molecule has 1 atom stereocenters. The molecule has 0 N–H and O–H groups in total. The Balaban J connectivity index is 3.06. The zero-order chi connectivity index (χ0) is 7.11. The highest BCUT2D eigenvalue weighted by Crippen LogP contribution is 2.07. The molecule has 1 nitrogen and oxygen atoms in total. The first-order chi connectivity index (χ1) is 4.31. The Morgan fingerprint density at radius 1 is 1.33 bits per heavy atom. The van der Waals surface area contributed by atoms with Gasteiger partial charge in [-0.25, -0.2) is 4.21 Å². The van der Waals surface area contributed by atoms with Crippen LogP contribution in [0.5, 0.6) is 0 Å². The molecule has 0 saturated carbocycles. The fraction of sp³-hybridized carbons (Fsp3) is 1.00. The molecule has 0 rings (SSSR count). The molecule has 0 aliphatic carbocycles. The molecular formula is C4H8Cl2OS2. The Morgan fingerprint density at radius 2 is 2.00 bits per heavy atom. The van der Waals surface area contributed by atoms with Gasteiger partial charge in [0.2, 0.25) is 0 Å². The Bertz CT molecular complexity index is 88.6. The van der Waals surface area contributed by atoms with E-state index in [2.05, 4.69) is 0 Å². The van der Waals surface area contributed by atoms with Crippen LogP contribution in [0.15, 0.2) is 0 Å². The molecule has 0 spiro atoms. The van der Waals surface area contributed by atoms with Gasteiger partial charge < -0.3 is 0 Å². The Morgan fingerprint density at radius 3 is 2.44 bits per heavy atom. The van der Waals surface area contributed by atoms with Crippen LogP contribution in [0, 0.1) is 0 Å². The van der Waals surface area contributed by atoms with Crippen LogP contribution in [-0.2, 0) is 9.83 Å². The third-order valence-electron chi connectivity index (χ3n) is 0.536. The van der Waals surface area contributed by atoms with E-state index in [1.807, 2.05) is 0 Å². The smallest absolute Gasteiger partial charge is 0.0816 e. The molecular weight excluding hydrogens is 199 g/mol. The quantitative estimate of drug-likeness (QED) is 0.505. The van der Waals surface area contributed by atoms with Crippen LogP contribution < -0.4 is 0 Å². The molecule has 0 aromatic carbocycles. The van der Waals surface area contributed by atoms with Gasteiger partial charge in [-0.1, -0.05) is 10.8 Å². The lowest BCUT2D eigenvalue weighted by Crippen LogP contribution is -1.94. The van der Waals surface area contributed by atoms with Crippen molar-refractivity contribution in [3.63, 3.8) is 0 Å². The van der Waals surface area contributed by atoms with Crippen molar-refractivity contribution in [3.8, 4) is 0 Å². The summed E-state index contributed by atoms with van der Waals surface area (Å²) in [6.07, 6.45) is 0. The van der Waals surface area contributed by atoms with Gasteiger partial charge in [-0.2, -0.15) is 0 Å². The van der Waals surface area contributed by atoms with E-state index in [9.17, 15) is 4.21 Å². The minimum absolute atomic E-state index is 0.460. The van der Waals surface area contributed by atoms with Gasteiger partial charge in [-0.3, -0.25) is 0 Å². The Labute approximate surface area is 71.3 Å². The monoisotopic (exact) mass is 206 g/mol. The summed E-state index contributed by atoms with van der Waals surface area (Å²) in [5.74, 6) is 2.31. The molecule has 0 aromatic heterocycles. The van der Waals surface area contributed by atoms with E-state index in [0.717, 1.165) is 5.75 Å². The summed E-state index contributed by atoms with van der Waals surface area (Å²) in [5, 5.41) is 0. The average Bonchev–Trinajstić information content (AvgIpc) is 1.85. The maximum absolute atomic E-state index is 10.7. The van der Waals surface area contributed by atoms with Crippen molar-refractivity contribution < 1.29 is 4.21 Å². The maximum Gasteiger partial charge on any atom is 0.0816 e. The molecule has 0 bridgehead atoms. The van der Waals surface area contributed by atoms with Crippen LogP contribution >= 0.6 is 34.0 Å². The molecule has 1 unspecified atom stereocenters. The first-order valence-corrected chi connectivity index (χ1v) is 6.34. The van der Waals surface area contributed by atoms with Gasteiger partial charge in [-0.05, 0) is 0 Å². The molecule has 0 saturated heterocycles. The number of hydrogen-bond acceptors (Lipinski definition) is 2. The molecule has 0 aliphatic heterocycles. The fourth-order valence-electron chi connectivity index (χ4n) is 0.246. The highest BCUT2D eigenvalue weighted by molar-refractivity contribution is 8.69. The summed E-state index contributed by atoms with van der Waals surface area (Å²) in [4.78, 5) is 0. The van der Waals surface area contributed by atoms with Gasteiger partial charge in [0.15, 0.2) is 0 Å². The standard InChI is InChI=1S/C4H8Cl2OS2/c5-1-3-8-9(7)4-2-6/h1-4H2. The number of halogens is 2. The first kappa shape index (κ1) is 10.1. The van der Waals surface area contributed by atoms with Crippen LogP contribution in [0.3, 0.4) is 0 Å². The molecule has 0 amide bonds. The summed E-state index contributed by atoms with van der Waals surface area (Å²) in [5.41, 5.74) is 0. The summed E-state index contributed by atoms with van der Waals surface area (Å²) in [6, 6.07) is 0. The Kier molecular flexibility index (Phi) is 8.05. The summed E-state index contributed by atoms with van der Waals surface area (Å²) < 4.78 is 10.7. The topological polar surface area (TPSA) is 17.1 Å². The molecule has 0 heterocycles. The minimum Gasteiger partial charge on any atom is -0.248 e. The van der Waals surface area contributed by atoms with E-state index in [1.165, 1.54) is 10.8 Å². The van der Waals surface area contributed by atoms with Crippen LogP contribution in [-0.4, -0.2) is 27.5 Å². The largest absolute Gasteiger partial charge is 0.248 e. The van der Waals surface area contributed by atoms with Crippen LogP contribution in [0.2, 0.25) is 0 Å². The molecule has 9 heavy (non-hydrogen) atoms. The van der Waals surface area contributed by atoms with Gasteiger partial charge >= 0.3 is 0 Å². The molecule has 0 aliphatic rings. The second-order valence-corrected chi connectivity index (χ2v) is 5.45. The normalized spacial score (nSPS) is 13.6. The molecule has 0 fully saturated rings. The molecule has 56 valence electrons. The maximum atomic E-state index is 10.7. The summed E-state index contributed by atoms with van der Waals surface area (Å²) >= 11 is 10.7.